The maximum Gasteiger partial charge on any atom is 0.326 e. The van der Waals surface area contributed by atoms with Gasteiger partial charge >= 0.3 is 5.97 Å². The van der Waals surface area contributed by atoms with Gasteiger partial charge in [0.2, 0.25) is 5.91 Å². The average Bonchev–Trinajstić information content (AvgIpc) is 2.24. The number of imide groups is 1. The minimum absolute atomic E-state index is 0.256. The molecule has 0 radical (unpaired) electrons. The topological polar surface area (TPSA) is 63.7 Å². The summed E-state index contributed by atoms with van der Waals surface area (Å²) in [5, 5.41) is -0.358. The molecular formula is C10H15NO4S. The van der Waals surface area contributed by atoms with E-state index in [1.165, 1.54) is 0 Å². The van der Waals surface area contributed by atoms with Gasteiger partial charge in [-0.1, -0.05) is 25.1 Å². The van der Waals surface area contributed by atoms with E-state index in [1.54, 1.807) is 0 Å². The zero-order valence-electron chi connectivity index (χ0n) is 9.23. The molecule has 0 aliphatic carbocycles. The fourth-order valence-corrected chi connectivity index (χ4v) is 1.97. The van der Waals surface area contributed by atoms with Crippen molar-refractivity contribution in [2.75, 3.05) is 18.9 Å². The molecule has 0 N–H and O–H groups in total. The van der Waals surface area contributed by atoms with E-state index in [0.717, 1.165) is 29.5 Å². The number of nitrogens with zero attached hydrogens (tertiary/aromatic N) is 1. The Bertz CT molecular complexity index is 277. The Morgan fingerprint density at radius 1 is 1.50 bits per heavy atom. The van der Waals surface area contributed by atoms with Gasteiger partial charge in [0, 0.05) is 12.2 Å². The summed E-state index contributed by atoms with van der Waals surface area (Å²) in [5.74, 6) is -0.312. The first-order chi connectivity index (χ1) is 7.65. The first-order valence-electron chi connectivity index (χ1n) is 5.28. The van der Waals surface area contributed by atoms with E-state index in [1.807, 2.05) is 6.92 Å². The lowest BCUT2D eigenvalue weighted by Crippen LogP contribution is -2.42. The number of rotatable bonds is 5. The number of carbonyl (C=O) groups is 3. The number of amides is 2. The molecule has 0 aromatic rings. The Hall–Kier alpha value is -1.04. The van der Waals surface area contributed by atoms with Crippen molar-refractivity contribution in [3.63, 3.8) is 0 Å². The summed E-state index contributed by atoms with van der Waals surface area (Å²) in [6.45, 7) is 2.08. The minimum Gasteiger partial charge on any atom is -0.464 e. The molecule has 5 nitrogen and oxygen atoms in total. The Labute approximate surface area is 98.5 Å². The highest BCUT2D eigenvalue weighted by atomic mass is 32.2. The number of esters is 1. The van der Waals surface area contributed by atoms with Crippen LogP contribution in [-0.2, 0) is 14.3 Å². The summed E-state index contributed by atoms with van der Waals surface area (Å²) in [7, 11) is 0. The Kier molecular flexibility index (Phi) is 5.31. The van der Waals surface area contributed by atoms with Crippen LogP contribution in [0.1, 0.15) is 26.2 Å². The van der Waals surface area contributed by atoms with Crippen molar-refractivity contribution in [1.29, 1.82) is 0 Å². The summed E-state index contributed by atoms with van der Waals surface area (Å²) in [6.07, 6.45) is 2.03. The summed E-state index contributed by atoms with van der Waals surface area (Å²) in [5.41, 5.74) is 0. The van der Waals surface area contributed by atoms with Crippen LogP contribution in [0.15, 0.2) is 0 Å². The smallest absolute Gasteiger partial charge is 0.326 e. The van der Waals surface area contributed by atoms with Crippen LogP contribution in [0.3, 0.4) is 0 Å². The number of hydrogen-bond donors (Lipinski definition) is 0. The van der Waals surface area contributed by atoms with Gasteiger partial charge in [-0.2, -0.15) is 0 Å². The van der Waals surface area contributed by atoms with Crippen molar-refractivity contribution in [1.82, 2.24) is 4.90 Å². The molecule has 1 rings (SSSR count). The second-order valence-electron chi connectivity index (χ2n) is 3.42. The van der Waals surface area contributed by atoms with E-state index in [0.29, 0.717) is 18.8 Å². The Morgan fingerprint density at radius 2 is 2.25 bits per heavy atom. The fraction of sp³-hybridized carbons (Fsp3) is 0.700. The predicted octanol–water partition coefficient (Wildman–Crippen LogP) is 1.42. The molecule has 0 bridgehead atoms. The zero-order valence-corrected chi connectivity index (χ0v) is 10.0. The third-order valence-corrected chi connectivity index (χ3v) is 2.99. The van der Waals surface area contributed by atoms with Crippen molar-refractivity contribution < 1.29 is 19.1 Å². The molecule has 6 heteroatoms. The first kappa shape index (κ1) is 13.0. The van der Waals surface area contributed by atoms with Gasteiger partial charge in [0.25, 0.3) is 5.24 Å². The molecular weight excluding hydrogens is 230 g/mol. The van der Waals surface area contributed by atoms with Gasteiger partial charge in [-0.05, 0) is 6.42 Å². The van der Waals surface area contributed by atoms with Gasteiger partial charge in [-0.25, -0.2) is 0 Å². The molecule has 1 aliphatic heterocycles. The van der Waals surface area contributed by atoms with E-state index < -0.39 is 5.97 Å². The van der Waals surface area contributed by atoms with Gasteiger partial charge < -0.3 is 4.74 Å². The van der Waals surface area contributed by atoms with Crippen LogP contribution in [0.4, 0.5) is 4.79 Å². The zero-order chi connectivity index (χ0) is 12.0. The molecule has 16 heavy (non-hydrogen) atoms. The first-order valence-corrected chi connectivity index (χ1v) is 6.26. The lowest BCUT2D eigenvalue weighted by atomic mass is 10.3. The lowest BCUT2D eigenvalue weighted by molar-refractivity contribution is -0.147. The van der Waals surface area contributed by atoms with Crippen molar-refractivity contribution in [3.8, 4) is 0 Å². The summed E-state index contributed by atoms with van der Waals surface area (Å²) < 4.78 is 4.89. The quantitative estimate of drug-likeness (QED) is 0.541. The molecule has 1 fully saturated rings. The molecule has 0 unspecified atom stereocenters. The van der Waals surface area contributed by atoms with Gasteiger partial charge in [0.1, 0.15) is 6.54 Å². The van der Waals surface area contributed by atoms with Crippen LogP contribution in [-0.4, -0.2) is 40.9 Å². The SMILES string of the molecule is CCCCOC(=O)CN1C(=O)CCSC1=O. The maximum atomic E-state index is 11.4. The number of hydrogen-bond acceptors (Lipinski definition) is 5. The van der Waals surface area contributed by atoms with Crippen LogP contribution in [0, 0.1) is 0 Å². The predicted molar refractivity (Wildman–Crippen MR) is 60.1 cm³/mol. The monoisotopic (exact) mass is 245 g/mol. The van der Waals surface area contributed by atoms with Gasteiger partial charge in [-0.3, -0.25) is 19.3 Å². The maximum absolute atomic E-state index is 11.4. The second-order valence-corrected chi connectivity index (χ2v) is 4.46. The number of thioether (sulfide) groups is 1. The normalized spacial score (nSPS) is 16.4. The molecule has 0 aromatic heterocycles. The molecule has 0 atom stereocenters. The van der Waals surface area contributed by atoms with E-state index in [9.17, 15) is 14.4 Å². The third kappa shape index (κ3) is 3.84. The van der Waals surface area contributed by atoms with Gasteiger partial charge in [-0.15, -0.1) is 0 Å². The van der Waals surface area contributed by atoms with Crippen LogP contribution in [0.25, 0.3) is 0 Å². The number of unbranched alkanes of at least 4 members (excludes halogenated alkanes) is 1. The summed E-state index contributed by atoms with van der Waals surface area (Å²) in [4.78, 5) is 34.9. The van der Waals surface area contributed by atoms with Crippen molar-refractivity contribution >= 4 is 28.9 Å². The highest BCUT2D eigenvalue weighted by Crippen LogP contribution is 2.17. The highest BCUT2D eigenvalue weighted by Gasteiger charge is 2.28. The van der Waals surface area contributed by atoms with E-state index in [4.69, 9.17) is 4.74 Å². The number of ether oxygens (including phenoxy) is 1. The van der Waals surface area contributed by atoms with Crippen LogP contribution in [0.5, 0.6) is 0 Å². The Morgan fingerprint density at radius 3 is 2.88 bits per heavy atom. The molecule has 0 aromatic carbocycles. The summed E-state index contributed by atoms with van der Waals surface area (Å²) in [6, 6.07) is 0. The van der Waals surface area contributed by atoms with Crippen molar-refractivity contribution in [3.05, 3.63) is 0 Å². The molecule has 90 valence electrons. The fourth-order valence-electron chi connectivity index (χ4n) is 1.20. The van der Waals surface area contributed by atoms with Crippen LogP contribution < -0.4 is 0 Å². The molecule has 0 saturated carbocycles. The lowest BCUT2D eigenvalue weighted by Gasteiger charge is -2.22. The second kappa shape index (κ2) is 6.52. The van der Waals surface area contributed by atoms with E-state index in [2.05, 4.69) is 0 Å². The molecule has 1 aliphatic rings. The molecule has 1 heterocycles. The van der Waals surface area contributed by atoms with E-state index >= 15 is 0 Å². The standard InChI is InChI=1S/C10H15NO4S/c1-2-3-5-15-9(13)7-11-8(12)4-6-16-10(11)14/h2-7H2,1H3. The van der Waals surface area contributed by atoms with Crippen LogP contribution >= 0.6 is 11.8 Å². The largest absolute Gasteiger partial charge is 0.464 e. The van der Waals surface area contributed by atoms with Gasteiger partial charge in [0.05, 0.1) is 6.61 Å². The third-order valence-electron chi connectivity index (χ3n) is 2.11. The van der Waals surface area contributed by atoms with Gasteiger partial charge in [0.15, 0.2) is 0 Å². The molecule has 1 saturated heterocycles. The average molecular weight is 245 g/mol. The minimum atomic E-state index is -0.516. The number of carbonyl (C=O) groups excluding carboxylic acids is 3. The van der Waals surface area contributed by atoms with Crippen LogP contribution in [0.2, 0.25) is 0 Å². The molecule has 2 amide bonds. The Balaban J connectivity index is 2.36. The molecule has 0 spiro atoms. The van der Waals surface area contributed by atoms with E-state index in [-0.39, 0.29) is 17.7 Å². The summed E-state index contributed by atoms with van der Waals surface area (Å²) >= 11 is 1.06. The highest BCUT2D eigenvalue weighted by molar-refractivity contribution is 8.13. The van der Waals surface area contributed by atoms with Crippen molar-refractivity contribution in [2.24, 2.45) is 0 Å². The van der Waals surface area contributed by atoms with Crippen molar-refractivity contribution in [2.45, 2.75) is 26.2 Å².